The van der Waals surface area contributed by atoms with Crippen molar-refractivity contribution in [2.24, 2.45) is 0 Å². The topological polar surface area (TPSA) is 111 Å². The number of methoxy groups -OCH3 is 1. The fraction of sp³-hybridized carbons (Fsp3) is 0.105. The highest BCUT2D eigenvalue weighted by atomic mass is 32.2. The van der Waals surface area contributed by atoms with E-state index in [2.05, 4.69) is 25.1 Å². The Morgan fingerprint density at radius 1 is 1.03 bits per heavy atom. The number of aromatic nitrogens is 4. The van der Waals surface area contributed by atoms with Crippen molar-refractivity contribution in [1.29, 1.82) is 0 Å². The van der Waals surface area contributed by atoms with Gasteiger partial charge in [-0.2, -0.15) is 10.1 Å². The highest BCUT2D eigenvalue weighted by Crippen LogP contribution is 2.27. The van der Waals surface area contributed by atoms with E-state index < -0.39 is 10.0 Å². The first-order chi connectivity index (χ1) is 14.0. The summed E-state index contributed by atoms with van der Waals surface area (Å²) in [6.07, 6.45) is 3.21. The Morgan fingerprint density at radius 3 is 2.59 bits per heavy atom. The van der Waals surface area contributed by atoms with Crippen LogP contribution in [-0.2, 0) is 10.0 Å². The summed E-state index contributed by atoms with van der Waals surface area (Å²) in [6, 6.07) is 14.0. The molecule has 0 atom stereocenters. The predicted molar refractivity (Wildman–Crippen MR) is 109 cm³/mol. The van der Waals surface area contributed by atoms with Gasteiger partial charge in [-0.3, -0.25) is 0 Å². The largest absolute Gasteiger partial charge is 0.495 e. The number of para-hydroxylation sites is 3. The van der Waals surface area contributed by atoms with Crippen LogP contribution in [0.2, 0.25) is 0 Å². The summed E-state index contributed by atoms with van der Waals surface area (Å²) in [4.78, 5) is 8.95. The third-order valence-electron chi connectivity index (χ3n) is 4.31. The van der Waals surface area contributed by atoms with Gasteiger partial charge in [0, 0.05) is 6.20 Å². The highest BCUT2D eigenvalue weighted by Gasteiger charge is 2.20. The number of sulfonamides is 1. The molecule has 0 saturated heterocycles. The van der Waals surface area contributed by atoms with Gasteiger partial charge in [0.2, 0.25) is 16.0 Å². The standard InChI is InChI=1S/C19H18N6O3S/c1-20-29(26,27)17-10-6-4-8-15(17)25-18-13(12-22-25)11-21-19(24-18)23-14-7-3-5-9-16(14)28-2/h3-12,20H,1-2H3,(H,21,23,24). The lowest BCUT2D eigenvalue weighted by molar-refractivity contribution is 0.417. The molecule has 0 fully saturated rings. The molecule has 0 unspecified atom stereocenters. The van der Waals surface area contributed by atoms with Gasteiger partial charge in [-0.15, -0.1) is 0 Å². The van der Waals surface area contributed by atoms with E-state index in [1.165, 1.54) is 17.8 Å². The molecular formula is C19H18N6O3S. The van der Waals surface area contributed by atoms with Crippen LogP contribution in [0.15, 0.2) is 65.8 Å². The first-order valence-electron chi connectivity index (χ1n) is 8.67. The molecule has 0 radical (unpaired) electrons. The Kier molecular flexibility index (Phi) is 4.87. The molecule has 10 heteroatoms. The van der Waals surface area contributed by atoms with Crippen LogP contribution < -0.4 is 14.8 Å². The van der Waals surface area contributed by atoms with E-state index in [9.17, 15) is 8.42 Å². The van der Waals surface area contributed by atoms with Crippen LogP contribution in [0.25, 0.3) is 16.7 Å². The van der Waals surface area contributed by atoms with Gasteiger partial charge in [0.25, 0.3) is 0 Å². The number of hydrogen-bond acceptors (Lipinski definition) is 7. The van der Waals surface area contributed by atoms with Crippen LogP contribution in [-0.4, -0.2) is 42.3 Å². The highest BCUT2D eigenvalue weighted by molar-refractivity contribution is 7.89. The third-order valence-corrected chi connectivity index (χ3v) is 5.78. The molecule has 0 saturated carbocycles. The second-order valence-electron chi connectivity index (χ2n) is 6.03. The van der Waals surface area contributed by atoms with Crippen molar-refractivity contribution in [3.8, 4) is 11.4 Å². The molecule has 148 valence electrons. The Balaban J connectivity index is 1.82. The number of nitrogens with one attached hydrogen (secondary N) is 2. The fourth-order valence-corrected chi connectivity index (χ4v) is 3.80. The molecule has 0 aliphatic rings. The number of benzene rings is 2. The summed E-state index contributed by atoms with van der Waals surface area (Å²) in [5.74, 6) is 0.980. The van der Waals surface area contributed by atoms with Gasteiger partial charge in [0.05, 0.1) is 30.1 Å². The minimum Gasteiger partial charge on any atom is -0.495 e. The average molecular weight is 410 g/mol. The van der Waals surface area contributed by atoms with E-state index in [0.29, 0.717) is 34.1 Å². The van der Waals surface area contributed by atoms with E-state index in [0.717, 1.165) is 0 Å². The molecule has 0 spiro atoms. The zero-order valence-corrected chi connectivity index (χ0v) is 16.5. The van der Waals surface area contributed by atoms with Crippen LogP contribution in [0.4, 0.5) is 11.6 Å². The molecular weight excluding hydrogens is 392 g/mol. The third kappa shape index (κ3) is 3.50. The lowest BCUT2D eigenvalue weighted by Gasteiger charge is -2.11. The monoisotopic (exact) mass is 410 g/mol. The van der Waals surface area contributed by atoms with Crippen LogP contribution >= 0.6 is 0 Å². The maximum atomic E-state index is 12.4. The van der Waals surface area contributed by atoms with Gasteiger partial charge in [0.1, 0.15) is 10.6 Å². The number of anilines is 2. The smallest absolute Gasteiger partial charge is 0.242 e. The molecule has 2 aromatic heterocycles. The molecule has 9 nitrogen and oxygen atoms in total. The molecule has 0 amide bonds. The minimum absolute atomic E-state index is 0.102. The zero-order valence-electron chi connectivity index (χ0n) is 15.7. The van der Waals surface area contributed by atoms with Crippen LogP contribution in [0, 0.1) is 0 Å². The van der Waals surface area contributed by atoms with Crippen molar-refractivity contribution in [2.45, 2.75) is 4.90 Å². The van der Waals surface area contributed by atoms with E-state index in [1.54, 1.807) is 37.7 Å². The summed E-state index contributed by atoms with van der Waals surface area (Å²) in [5, 5.41) is 8.12. The predicted octanol–water partition coefficient (Wildman–Crippen LogP) is 2.48. The molecule has 4 aromatic rings. The minimum atomic E-state index is -3.68. The number of hydrogen-bond donors (Lipinski definition) is 2. The number of ether oxygens (including phenoxy) is 1. The molecule has 2 aromatic carbocycles. The Labute approximate surface area is 167 Å². The molecule has 4 rings (SSSR count). The van der Waals surface area contributed by atoms with Crippen LogP contribution in [0.1, 0.15) is 0 Å². The normalized spacial score (nSPS) is 11.5. The summed E-state index contributed by atoms with van der Waals surface area (Å²) < 4.78 is 34.0. The van der Waals surface area contributed by atoms with Crippen molar-refractivity contribution in [1.82, 2.24) is 24.5 Å². The molecule has 0 aliphatic heterocycles. The SMILES string of the molecule is CNS(=O)(=O)c1ccccc1-n1ncc2cnc(Nc3ccccc3OC)nc21. The fourth-order valence-electron chi connectivity index (χ4n) is 2.89. The van der Waals surface area contributed by atoms with E-state index in [4.69, 9.17) is 4.74 Å². The molecule has 2 N–H and O–H groups in total. The van der Waals surface area contributed by atoms with Crippen molar-refractivity contribution in [3.63, 3.8) is 0 Å². The van der Waals surface area contributed by atoms with E-state index in [-0.39, 0.29) is 4.90 Å². The maximum Gasteiger partial charge on any atom is 0.242 e. The summed E-state index contributed by atoms with van der Waals surface area (Å²) >= 11 is 0. The van der Waals surface area contributed by atoms with Crippen molar-refractivity contribution >= 4 is 32.7 Å². The molecule has 0 aliphatic carbocycles. The quantitative estimate of drug-likeness (QED) is 0.502. The Hall–Kier alpha value is -3.50. The first kappa shape index (κ1) is 18.8. The van der Waals surface area contributed by atoms with Crippen molar-refractivity contribution in [3.05, 3.63) is 60.9 Å². The number of fused-ring (bicyclic) bond motifs is 1. The molecule has 0 bridgehead atoms. The second kappa shape index (κ2) is 7.49. The lowest BCUT2D eigenvalue weighted by atomic mass is 10.3. The summed E-state index contributed by atoms with van der Waals surface area (Å²) in [7, 11) is -0.730. The first-order valence-corrected chi connectivity index (χ1v) is 10.2. The summed E-state index contributed by atoms with van der Waals surface area (Å²) in [5.41, 5.74) is 1.56. The Bertz CT molecular complexity index is 1290. The lowest BCUT2D eigenvalue weighted by Crippen LogP contribution is -2.20. The second-order valence-corrected chi connectivity index (χ2v) is 7.88. The molecule has 29 heavy (non-hydrogen) atoms. The van der Waals surface area contributed by atoms with Gasteiger partial charge < -0.3 is 10.1 Å². The van der Waals surface area contributed by atoms with Gasteiger partial charge >= 0.3 is 0 Å². The van der Waals surface area contributed by atoms with Crippen LogP contribution in [0.3, 0.4) is 0 Å². The van der Waals surface area contributed by atoms with E-state index in [1.807, 2.05) is 24.3 Å². The Morgan fingerprint density at radius 2 is 1.79 bits per heavy atom. The average Bonchev–Trinajstić information content (AvgIpc) is 3.17. The summed E-state index contributed by atoms with van der Waals surface area (Å²) in [6.45, 7) is 0. The number of nitrogens with zero attached hydrogens (tertiary/aromatic N) is 4. The zero-order chi connectivity index (χ0) is 20.4. The van der Waals surface area contributed by atoms with Gasteiger partial charge in [0.15, 0.2) is 5.65 Å². The van der Waals surface area contributed by atoms with Crippen molar-refractivity contribution in [2.75, 3.05) is 19.5 Å². The number of rotatable bonds is 6. The van der Waals surface area contributed by atoms with Crippen LogP contribution in [0.5, 0.6) is 5.75 Å². The van der Waals surface area contributed by atoms with Crippen molar-refractivity contribution < 1.29 is 13.2 Å². The van der Waals surface area contributed by atoms with E-state index >= 15 is 0 Å². The molecule has 2 heterocycles. The van der Waals surface area contributed by atoms with Gasteiger partial charge in [-0.1, -0.05) is 24.3 Å². The maximum absolute atomic E-state index is 12.4. The van der Waals surface area contributed by atoms with Gasteiger partial charge in [-0.05, 0) is 31.3 Å². The van der Waals surface area contributed by atoms with Gasteiger partial charge in [-0.25, -0.2) is 22.8 Å².